The first-order valence-corrected chi connectivity index (χ1v) is 8.51. The van der Waals surface area contributed by atoms with Gasteiger partial charge in [-0.1, -0.05) is 0 Å². The predicted octanol–water partition coefficient (Wildman–Crippen LogP) is 0.880. The zero-order chi connectivity index (χ0) is 14.9. The lowest BCUT2D eigenvalue weighted by Crippen LogP contribution is -2.44. The lowest BCUT2D eigenvalue weighted by atomic mass is 10.2. The Hall–Kier alpha value is -0.920. The molecule has 0 amide bonds. The number of rotatable bonds is 5. The average Bonchev–Trinajstić information content (AvgIpc) is 2.97. The van der Waals surface area contributed by atoms with E-state index in [4.69, 9.17) is 0 Å². The first-order valence-electron chi connectivity index (χ1n) is 7.07. The second-order valence-electron chi connectivity index (χ2n) is 5.70. The second kappa shape index (κ2) is 5.83. The molecule has 1 aliphatic rings. The Kier molecular flexibility index (Phi) is 4.51. The fourth-order valence-corrected chi connectivity index (χ4v) is 4.20. The lowest BCUT2D eigenvalue weighted by Gasteiger charge is -2.27. The molecule has 1 aromatic heterocycles. The van der Waals surface area contributed by atoms with Crippen LogP contribution >= 0.6 is 0 Å². The first-order chi connectivity index (χ1) is 9.32. The van der Waals surface area contributed by atoms with Crippen molar-refractivity contribution in [3.63, 3.8) is 0 Å². The van der Waals surface area contributed by atoms with E-state index in [-0.39, 0.29) is 17.1 Å². The van der Waals surface area contributed by atoms with E-state index in [0.717, 1.165) is 19.4 Å². The molecule has 0 saturated carbocycles. The first kappa shape index (κ1) is 15.5. The van der Waals surface area contributed by atoms with Gasteiger partial charge in [-0.2, -0.15) is 4.31 Å². The molecule has 114 valence electrons. The van der Waals surface area contributed by atoms with E-state index in [1.54, 1.807) is 29.0 Å². The van der Waals surface area contributed by atoms with Crippen LogP contribution in [0, 0.1) is 6.92 Å². The molecule has 1 fully saturated rings. The number of hydrogen-bond donors (Lipinski definition) is 1. The second-order valence-corrected chi connectivity index (χ2v) is 7.54. The van der Waals surface area contributed by atoms with Crippen molar-refractivity contribution in [1.82, 2.24) is 19.2 Å². The molecule has 1 N–H and O–H groups in total. The van der Waals surface area contributed by atoms with Gasteiger partial charge in [-0.15, -0.1) is 0 Å². The summed E-state index contributed by atoms with van der Waals surface area (Å²) >= 11 is 0. The van der Waals surface area contributed by atoms with E-state index in [9.17, 15) is 8.42 Å². The van der Waals surface area contributed by atoms with Gasteiger partial charge < -0.3 is 9.88 Å². The number of imidazole rings is 1. The van der Waals surface area contributed by atoms with Gasteiger partial charge in [0.2, 0.25) is 0 Å². The van der Waals surface area contributed by atoms with Crippen molar-refractivity contribution in [2.45, 2.75) is 50.7 Å². The fourth-order valence-electron chi connectivity index (χ4n) is 2.49. The monoisotopic (exact) mass is 300 g/mol. The Morgan fingerprint density at radius 1 is 1.55 bits per heavy atom. The van der Waals surface area contributed by atoms with Crippen LogP contribution in [0.4, 0.5) is 0 Å². The number of nitrogens with zero attached hydrogens (tertiary/aromatic N) is 3. The molecule has 1 aliphatic heterocycles. The van der Waals surface area contributed by atoms with Gasteiger partial charge in [-0.05, 0) is 40.2 Å². The Balaban J connectivity index is 2.26. The summed E-state index contributed by atoms with van der Waals surface area (Å²) in [6.45, 7) is 7.09. The molecule has 6 nitrogen and oxygen atoms in total. The molecule has 0 bridgehead atoms. The molecule has 1 saturated heterocycles. The highest BCUT2D eigenvalue weighted by atomic mass is 32.2. The summed E-state index contributed by atoms with van der Waals surface area (Å²) in [5, 5.41) is 3.49. The van der Waals surface area contributed by atoms with Crippen LogP contribution in [0.5, 0.6) is 0 Å². The van der Waals surface area contributed by atoms with Crippen molar-refractivity contribution >= 4 is 10.0 Å². The van der Waals surface area contributed by atoms with Gasteiger partial charge in [0.1, 0.15) is 5.82 Å². The summed E-state index contributed by atoms with van der Waals surface area (Å²) in [4.78, 5) is 4.17. The minimum absolute atomic E-state index is 0.0790. The molecule has 1 aromatic rings. The zero-order valence-electron chi connectivity index (χ0n) is 12.6. The molecule has 1 unspecified atom stereocenters. The number of aromatic nitrogens is 2. The number of sulfonamides is 1. The molecule has 0 aromatic carbocycles. The van der Waals surface area contributed by atoms with E-state index in [1.165, 1.54) is 0 Å². The van der Waals surface area contributed by atoms with Crippen molar-refractivity contribution in [3.8, 4) is 0 Å². The van der Waals surface area contributed by atoms with Crippen LogP contribution in [0.3, 0.4) is 0 Å². The van der Waals surface area contributed by atoms with Crippen molar-refractivity contribution in [3.05, 3.63) is 12.0 Å². The van der Waals surface area contributed by atoms with Crippen LogP contribution in [0.25, 0.3) is 0 Å². The van der Waals surface area contributed by atoms with E-state index in [2.05, 4.69) is 10.3 Å². The van der Waals surface area contributed by atoms with Gasteiger partial charge >= 0.3 is 0 Å². The van der Waals surface area contributed by atoms with Crippen LogP contribution < -0.4 is 5.32 Å². The average molecular weight is 300 g/mol. The van der Waals surface area contributed by atoms with Gasteiger partial charge in [0.25, 0.3) is 10.0 Å². The minimum Gasteiger partial charge on any atom is -0.337 e. The van der Waals surface area contributed by atoms with E-state index in [1.807, 2.05) is 13.8 Å². The predicted molar refractivity (Wildman–Crippen MR) is 78.0 cm³/mol. The number of nitrogens with one attached hydrogen (secondary N) is 1. The van der Waals surface area contributed by atoms with Crippen LogP contribution in [0.1, 0.15) is 32.5 Å². The van der Waals surface area contributed by atoms with Gasteiger partial charge in [0.05, 0.1) is 0 Å². The normalized spacial score (nSPS) is 20.2. The molecule has 0 radical (unpaired) electrons. The topological polar surface area (TPSA) is 67.2 Å². The molecule has 2 heterocycles. The highest BCUT2D eigenvalue weighted by Crippen LogP contribution is 2.19. The Morgan fingerprint density at radius 2 is 2.25 bits per heavy atom. The maximum Gasteiger partial charge on any atom is 0.262 e. The summed E-state index contributed by atoms with van der Waals surface area (Å²) in [6.07, 6.45) is 3.72. The van der Waals surface area contributed by atoms with Crippen molar-refractivity contribution in [2.24, 2.45) is 7.05 Å². The molecule has 2 rings (SSSR count). The van der Waals surface area contributed by atoms with Crippen LogP contribution in [-0.2, 0) is 17.1 Å². The molecule has 0 aliphatic carbocycles. The van der Waals surface area contributed by atoms with E-state index >= 15 is 0 Å². The van der Waals surface area contributed by atoms with Crippen molar-refractivity contribution in [2.75, 3.05) is 13.1 Å². The third kappa shape index (κ3) is 3.05. The lowest BCUT2D eigenvalue weighted by molar-refractivity contribution is 0.321. The minimum atomic E-state index is -3.53. The number of aryl methyl sites for hydroxylation is 2. The Morgan fingerprint density at radius 3 is 2.70 bits per heavy atom. The highest BCUT2D eigenvalue weighted by Gasteiger charge is 2.32. The van der Waals surface area contributed by atoms with Gasteiger partial charge in [-0.3, -0.25) is 0 Å². The summed E-state index contributed by atoms with van der Waals surface area (Å²) in [5.74, 6) is 0.700. The largest absolute Gasteiger partial charge is 0.337 e. The smallest absolute Gasteiger partial charge is 0.262 e. The quantitative estimate of drug-likeness (QED) is 0.876. The third-order valence-corrected chi connectivity index (χ3v) is 5.71. The summed E-state index contributed by atoms with van der Waals surface area (Å²) in [7, 11) is -1.72. The van der Waals surface area contributed by atoms with Crippen molar-refractivity contribution < 1.29 is 8.42 Å². The third-order valence-electron chi connectivity index (χ3n) is 3.80. The fraction of sp³-hybridized carbons (Fsp3) is 0.769. The molecule has 1 atom stereocenters. The van der Waals surface area contributed by atoms with E-state index < -0.39 is 10.0 Å². The number of hydrogen-bond acceptors (Lipinski definition) is 4. The Labute approximate surface area is 121 Å². The maximum atomic E-state index is 12.7. The van der Waals surface area contributed by atoms with Crippen LogP contribution in [-0.4, -0.2) is 47.4 Å². The summed E-state index contributed by atoms with van der Waals surface area (Å²) < 4.78 is 28.8. The van der Waals surface area contributed by atoms with Crippen LogP contribution in [0.2, 0.25) is 0 Å². The van der Waals surface area contributed by atoms with Gasteiger partial charge in [0.15, 0.2) is 5.03 Å². The molecule has 7 heteroatoms. The maximum absolute atomic E-state index is 12.7. The zero-order valence-corrected chi connectivity index (χ0v) is 13.4. The highest BCUT2D eigenvalue weighted by molar-refractivity contribution is 7.89. The molecule has 0 spiro atoms. The van der Waals surface area contributed by atoms with Crippen molar-refractivity contribution in [1.29, 1.82) is 0 Å². The standard InChI is InChI=1S/C13H24N4O2S/c1-10(2)17(8-12-6-5-7-14-12)20(18,19)13-9-16(4)11(3)15-13/h9-10,12,14H,5-8H2,1-4H3. The molecular weight excluding hydrogens is 276 g/mol. The van der Waals surface area contributed by atoms with Gasteiger partial charge in [-0.25, -0.2) is 13.4 Å². The Bertz CT molecular complexity index is 539. The van der Waals surface area contributed by atoms with Gasteiger partial charge in [0, 0.05) is 31.9 Å². The molecular formula is C13H24N4O2S. The van der Waals surface area contributed by atoms with E-state index in [0.29, 0.717) is 12.4 Å². The summed E-state index contributed by atoms with van der Waals surface area (Å²) in [6, 6.07) is 0.168. The van der Waals surface area contributed by atoms with Crippen LogP contribution in [0.15, 0.2) is 11.2 Å². The summed E-state index contributed by atoms with van der Waals surface area (Å²) in [5.41, 5.74) is 0. The SMILES string of the molecule is Cc1nc(S(=O)(=O)N(CC2CCCN2)C(C)C)cn1C. The molecule has 20 heavy (non-hydrogen) atoms.